The Morgan fingerprint density at radius 3 is 3.22 bits per heavy atom. The van der Waals surface area contributed by atoms with Crippen molar-refractivity contribution in [2.45, 2.75) is 38.1 Å². The Labute approximate surface area is 107 Å². The zero-order valence-corrected chi connectivity index (χ0v) is 10.9. The summed E-state index contributed by atoms with van der Waals surface area (Å²) in [4.78, 5) is 14.1. The molecule has 1 saturated heterocycles. The lowest BCUT2D eigenvalue weighted by Gasteiger charge is -2.31. The molecule has 0 spiro atoms. The third-order valence-electron chi connectivity index (χ3n) is 3.51. The molecule has 1 aromatic rings. The number of nitrogens with zero attached hydrogens (tertiary/aromatic N) is 3. The van der Waals surface area contributed by atoms with Crippen molar-refractivity contribution in [1.29, 1.82) is 0 Å². The quantitative estimate of drug-likeness (QED) is 0.791. The predicted octanol–water partition coefficient (Wildman–Crippen LogP) is 0.338. The van der Waals surface area contributed by atoms with Gasteiger partial charge in [-0.3, -0.25) is 4.79 Å². The Kier molecular flexibility index (Phi) is 4.69. The molecular weight excluding hydrogens is 230 g/mol. The predicted molar refractivity (Wildman–Crippen MR) is 68.0 cm³/mol. The van der Waals surface area contributed by atoms with Gasteiger partial charge in [0.2, 0.25) is 5.91 Å². The van der Waals surface area contributed by atoms with Gasteiger partial charge in [0, 0.05) is 25.4 Å². The lowest BCUT2D eigenvalue weighted by molar-refractivity contribution is -0.122. The number of carbonyl (C=O) groups is 1. The van der Waals surface area contributed by atoms with Crippen LogP contribution in [0.4, 0.5) is 0 Å². The third-order valence-corrected chi connectivity index (χ3v) is 3.51. The molecule has 1 aliphatic rings. The number of carbonyl (C=O) groups excluding carboxylic acids is 1. The van der Waals surface area contributed by atoms with Gasteiger partial charge in [0.1, 0.15) is 0 Å². The first-order valence-corrected chi connectivity index (χ1v) is 6.57. The molecule has 1 fully saturated rings. The van der Waals surface area contributed by atoms with Gasteiger partial charge < -0.3 is 10.2 Å². The van der Waals surface area contributed by atoms with Gasteiger partial charge in [0.05, 0.1) is 11.9 Å². The topological polar surface area (TPSA) is 73.9 Å². The van der Waals surface area contributed by atoms with Crippen LogP contribution in [0, 0.1) is 0 Å². The molecule has 0 saturated carbocycles. The molecule has 0 aliphatic carbocycles. The highest BCUT2D eigenvalue weighted by atomic mass is 16.1. The smallest absolute Gasteiger partial charge is 0.221 e. The summed E-state index contributed by atoms with van der Waals surface area (Å²) in [6, 6.07) is 0.408. The summed E-state index contributed by atoms with van der Waals surface area (Å²) in [6.07, 6.45) is 6.63. The van der Waals surface area contributed by atoms with E-state index in [2.05, 4.69) is 32.7 Å². The van der Waals surface area contributed by atoms with E-state index in [1.54, 1.807) is 6.20 Å². The number of aromatic nitrogens is 3. The molecule has 18 heavy (non-hydrogen) atoms. The molecule has 2 N–H and O–H groups in total. The van der Waals surface area contributed by atoms with Crippen LogP contribution >= 0.6 is 0 Å². The summed E-state index contributed by atoms with van der Waals surface area (Å²) in [5, 5.41) is 13.2. The number of hydrogen-bond donors (Lipinski definition) is 2. The second-order valence-corrected chi connectivity index (χ2v) is 4.90. The van der Waals surface area contributed by atoms with Gasteiger partial charge in [-0.05, 0) is 26.4 Å². The van der Waals surface area contributed by atoms with E-state index in [-0.39, 0.29) is 5.91 Å². The van der Waals surface area contributed by atoms with Crippen LogP contribution in [-0.4, -0.2) is 52.4 Å². The van der Waals surface area contributed by atoms with Crippen LogP contribution in [0.1, 0.15) is 31.4 Å². The van der Waals surface area contributed by atoms with E-state index in [1.807, 2.05) is 0 Å². The Hall–Kier alpha value is -1.43. The molecular formula is C12H21N5O. The third kappa shape index (κ3) is 3.80. The summed E-state index contributed by atoms with van der Waals surface area (Å²) in [7, 11) is 2.10. The highest BCUT2D eigenvalue weighted by molar-refractivity contribution is 5.76. The van der Waals surface area contributed by atoms with Crippen molar-refractivity contribution in [1.82, 2.24) is 25.6 Å². The molecule has 1 aromatic heterocycles. The number of hydrogen-bond acceptors (Lipinski definition) is 4. The van der Waals surface area contributed by atoms with E-state index < -0.39 is 0 Å². The van der Waals surface area contributed by atoms with Crippen LogP contribution in [0.15, 0.2) is 6.20 Å². The van der Waals surface area contributed by atoms with Crippen molar-refractivity contribution in [3.05, 3.63) is 11.9 Å². The maximum atomic E-state index is 11.8. The maximum absolute atomic E-state index is 11.8. The monoisotopic (exact) mass is 251 g/mol. The van der Waals surface area contributed by atoms with Crippen LogP contribution in [0.5, 0.6) is 0 Å². The van der Waals surface area contributed by atoms with Gasteiger partial charge >= 0.3 is 0 Å². The first-order chi connectivity index (χ1) is 8.75. The lowest BCUT2D eigenvalue weighted by Crippen LogP contribution is -2.40. The number of rotatable bonds is 5. The number of amides is 1. The lowest BCUT2D eigenvalue weighted by atomic mass is 10.00. The Balaban J connectivity index is 1.65. The molecule has 1 amide bonds. The zero-order valence-electron chi connectivity index (χ0n) is 10.9. The fourth-order valence-electron chi connectivity index (χ4n) is 2.36. The van der Waals surface area contributed by atoms with E-state index in [1.165, 1.54) is 12.8 Å². The standard InChI is InChI=1S/C12H21N5O/c1-17-7-3-2-4-11(17)8-12(18)13-6-5-10-9-14-16-15-10/h9,11H,2-8H2,1H3,(H,13,18)(H,14,15,16)/t11-/m1/s1. The largest absolute Gasteiger partial charge is 0.356 e. The summed E-state index contributed by atoms with van der Waals surface area (Å²) >= 11 is 0. The second-order valence-electron chi connectivity index (χ2n) is 4.90. The summed E-state index contributed by atoms with van der Waals surface area (Å²) < 4.78 is 0. The van der Waals surface area contributed by atoms with E-state index in [0.29, 0.717) is 19.0 Å². The van der Waals surface area contributed by atoms with Crippen molar-refractivity contribution in [3.63, 3.8) is 0 Å². The zero-order chi connectivity index (χ0) is 12.8. The molecule has 2 rings (SSSR count). The van der Waals surface area contributed by atoms with Crippen LogP contribution in [0.3, 0.4) is 0 Å². The summed E-state index contributed by atoms with van der Waals surface area (Å²) in [6.45, 7) is 1.73. The van der Waals surface area contributed by atoms with Gasteiger partial charge in [0.25, 0.3) is 0 Å². The Morgan fingerprint density at radius 1 is 1.61 bits per heavy atom. The highest BCUT2D eigenvalue weighted by Gasteiger charge is 2.21. The van der Waals surface area contributed by atoms with Gasteiger partial charge in [-0.2, -0.15) is 15.4 Å². The number of likely N-dealkylation sites (tertiary alicyclic amines) is 1. The molecule has 1 aliphatic heterocycles. The Morgan fingerprint density at radius 2 is 2.50 bits per heavy atom. The normalized spacial score (nSPS) is 20.8. The van der Waals surface area contributed by atoms with Gasteiger partial charge in [-0.15, -0.1) is 0 Å². The highest BCUT2D eigenvalue weighted by Crippen LogP contribution is 2.17. The number of nitrogens with one attached hydrogen (secondary N) is 2. The minimum absolute atomic E-state index is 0.136. The molecule has 2 heterocycles. The van der Waals surface area contributed by atoms with Gasteiger partial charge in [-0.1, -0.05) is 6.42 Å². The van der Waals surface area contributed by atoms with Crippen molar-refractivity contribution in [3.8, 4) is 0 Å². The van der Waals surface area contributed by atoms with Crippen LogP contribution in [0.2, 0.25) is 0 Å². The maximum Gasteiger partial charge on any atom is 0.221 e. The number of H-pyrrole nitrogens is 1. The van der Waals surface area contributed by atoms with E-state index >= 15 is 0 Å². The number of aromatic amines is 1. The minimum Gasteiger partial charge on any atom is -0.356 e. The number of piperidine rings is 1. The van der Waals surface area contributed by atoms with Crippen molar-refractivity contribution in [2.75, 3.05) is 20.1 Å². The molecule has 0 bridgehead atoms. The second kappa shape index (κ2) is 6.49. The molecule has 100 valence electrons. The molecule has 6 heteroatoms. The van der Waals surface area contributed by atoms with Crippen LogP contribution in [-0.2, 0) is 11.2 Å². The average molecular weight is 251 g/mol. The van der Waals surface area contributed by atoms with E-state index in [9.17, 15) is 4.79 Å². The fourth-order valence-corrected chi connectivity index (χ4v) is 2.36. The fraction of sp³-hybridized carbons (Fsp3) is 0.750. The molecule has 0 unspecified atom stereocenters. The first-order valence-electron chi connectivity index (χ1n) is 6.57. The SMILES string of the molecule is CN1CCCC[C@@H]1CC(=O)NCCc1cn[nH]n1. The summed E-state index contributed by atoms with van der Waals surface area (Å²) in [5.41, 5.74) is 0.880. The van der Waals surface area contributed by atoms with Crippen molar-refractivity contribution < 1.29 is 4.79 Å². The average Bonchev–Trinajstić information content (AvgIpc) is 2.85. The molecule has 6 nitrogen and oxygen atoms in total. The van der Waals surface area contributed by atoms with Gasteiger partial charge in [0.15, 0.2) is 0 Å². The van der Waals surface area contributed by atoms with Crippen molar-refractivity contribution >= 4 is 5.91 Å². The molecule has 1 atom stereocenters. The minimum atomic E-state index is 0.136. The van der Waals surface area contributed by atoms with Gasteiger partial charge in [-0.25, -0.2) is 0 Å². The first kappa shape index (κ1) is 13.0. The van der Waals surface area contributed by atoms with E-state index in [4.69, 9.17) is 0 Å². The van der Waals surface area contributed by atoms with E-state index in [0.717, 1.165) is 25.1 Å². The van der Waals surface area contributed by atoms with Crippen LogP contribution < -0.4 is 5.32 Å². The van der Waals surface area contributed by atoms with Crippen molar-refractivity contribution in [2.24, 2.45) is 0 Å². The molecule has 0 aromatic carbocycles. The van der Waals surface area contributed by atoms with Crippen LogP contribution in [0.25, 0.3) is 0 Å². The molecule has 0 radical (unpaired) electrons. The Bertz CT molecular complexity index is 365. The summed E-state index contributed by atoms with van der Waals surface area (Å²) in [5.74, 6) is 0.136.